The second-order valence-electron chi connectivity index (χ2n) is 8.54. The highest BCUT2D eigenvalue weighted by Gasteiger charge is 2.51. The van der Waals surface area contributed by atoms with Crippen molar-refractivity contribution in [3.8, 4) is 0 Å². The number of hydrogen-bond acceptors (Lipinski definition) is 18. The molecule has 258 valence electrons. The molecule has 0 fully saturated rings. The van der Waals surface area contributed by atoms with Gasteiger partial charge in [0.05, 0.1) is 33.4 Å². The highest BCUT2D eigenvalue weighted by Crippen LogP contribution is 2.19. The van der Waals surface area contributed by atoms with Gasteiger partial charge in [-0.15, -0.1) is 0 Å². The van der Waals surface area contributed by atoms with E-state index in [-0.39, 0.29) is 0 Å². The van der Waals surface area contributed by atoms with Gasteiger partial charge in [-0.3, -0.25) is 13.7 Å². The number of hydrogen-bond donors (Lipinski definition) is 3. The Labute approximate surface area is 279 Å². The molecule has 49 heavy (non-hydrogen) atoms. The molecule has 0 aliphatic rings. The molecule has 0 saturated heterocycles. The Morgan fingerprint density at radius 3 is 0.755 bits per heavy atom. The predicted octanol–water partition coefficient (Wildman–Crippen LogP) is 0.421. The summed E-state index contributed by atoms with van der Waals surface area (Å²) in [7, 11) is -16.2. The van der Waals surface area contributed by atoms with Crippen LogP contribution < -0.4 is 0 Å². The van der Waals surface area contributed by atoms with E-state index in [1.54, 1.807) is 0 Å². The molecular formula is C24H15AlO21S3. The molecule has 0 unspecified atom stereocenters. The Morgan fingerprint density at radius 1 is 0.388 bits per heavy atom. The summed E-state index contributed by atoms with van der Waals surface area (Å²) in [4.78, 5) is 76.1. The molecule has 0 atom stereocenters. The second kappa shape index (κ2) is 15.3. The molecule has 0 aliphatic carbocycles. The first kappa shape index (κ1) is 38.2. The van der Waals surface area contributed by atoms with E-state index in [0.29, 0.717) is 0 Å². The molecule has 3 rings (SSSR count). The maximum Gasteiger partial charge on any atom is 1.20 e. The fraction of sp³-hybridized carbons (Fsp3) is 0. The van der Waals surface area contributed by atoms with Gasteiger partial charge in [0.1, 0.15) is 0 Å². The van der Waals surface area contributed by atoms with Crippen molar-refractivity contribution < 1.29 is 91.6 Å². The van der Waals surface area contributed by atoms with Crippen LogP contribution in [-0.2, 0) is 55.1 Å². The standard InChI is InChI=1S/3C8H6O7S.Al/c3*9-7(10)5-3-1-2-4-6(5)8(11)15-16(12,13)14;/h3*1-4H,(H,9,10)(H,12,13,14);/q;;;+3/p-3. The van der Waals surface area contributed by atoms with Crippen LogP contribution in [0.5, 0.6) is 0 Å². The molecule has 25 heteroatoms. The Bertz CT molecular complexity index is 1930. The molecule has 0 radical (unpaired) electrons. The first-order valence-corrected chi connectivity index (χ1v) is 17.7. The zero-order valence-electron chi connectivity index (χ0n) is 23.4. The summed E-state index contributed by atoms with van der Waals surface area (Å²) < 4.78 is 119. The van der Waals surface area contributed by atoms with E-state index < -0.39 is 116 Å². The van der Waals surface area contributed by atoms with Crippen LogP contribution in [0.3, 0.4) is 0 Å². The summed E-state index contributed by atoms with van der Waals surface area (Å²) >= 11 is -4.71. The summed E-state index contributed by atoms with van der Waals surface area (Å²) in [5.41, 5.74) is -5.04. The van der Waals surface area contributed by atoms with Gasteiger partial charge in [0, 0.05) is 0 Å². The van der Waals surface area contributed by atoms with E-state index in [2.05, 4.69) is 12.5 Å². The van der Waals surface area contributed by atoms with E-state index in [1.165, 1.54) is 0 Å². The van der Waals surface area contributed by atoms with Gasteiger partial charge in [-0.1, -0.05) is 36.4 Å². The molecule has 0 heterocycles. The van der Waals surface area contributed by atoms with Crippen molar-refractivity contribution in [3.63, 3.8) is 0 Å². The van der Waals surface area contributed by atoms with Crippen LogP contribution in [0.1, 0.15) is 62.1 Å². The van der Waals surface area contributed by atoms with Crippen molar-refractivity contribution in [2.75, 3.05) is 0 Å². The second-order valence-corrected chi connectivity index (χ2v) is 12.9. The van der Waals surface area contributed by atoms with Crippen molar-refractivity contribution in [1.29, 1.82) is 0 Å². The first-order chi connectivity index (χ1) is 22.6. The van der Waals surface area contributed by atoms with Gasteiger partial charge >= 0.3 is 82.2 Å². The monoisotopic (exact) mass is 762 g/mol. The molecular weight excluding hydrogens is 747 g/mol. The summed E-state index contributed by atoms with van der Waals surface area (Å²) in [6, 6.07) is 11.7. The average molecular weight is 763 g/mol. The van der Waals surface area contributed by atoms with E-state index in [0.717, 1.165) is 72.8 Å². The lowest BCUT2D eigenvalue weighted by Crippen LogP contribution is -2.36. The molecule has 21 nitrogen and oxygen atoms in total. The SMILES string of the molecule is O=C([O][Al]([O]C(=O)c1ccccc1C(=O)OS(=O)(=O)O)[O]C(=O)c1ccccc1C(=O)OS(=O)(=O)O)c1ccccc1C(=O)OS(=O)(=O)O. The van der Waals surface area contributed by atoms with Crippen molar-refractivity contribution in [1.82, 2.24) is 0 Å². The largest absolute Gasteiger partial charge is 1.20 e. The van der Waals surface area contributed by atoms with Gasteiger partial charge in [0.25, 0.3) is 0 Å². The zero-order chi connectivity index (χ0) is 36.7. The first-order valence-electron chi connectivity index (χ1n) is 12.2. The van der Waals surface area contributed by atoms with Crippen LogP contribution >= 0.6 is 0 Å². The van der Waals surface area contributed by atoms with Crippen LogP contribution in [0.2, 0.25) is 0 Å². The summed E-state index contributed by atoms with van der Waals surface area (Å²) in [6.07, 6.45) is 0. The van der Waals surface area contributed by atoms with Crippen LogP contribution in [0.15, 0.2) is 72.8 Å². The van der Waals surface area contributed by atoms with Crippen LogP contribution in [0.25, 0.3) is 0 Å². The van der Waals surface area contributed by atoms with Crippen LogP contribution in [0.4, 0.5) is 0 Å². The number of rotatable bonds is 12. The third-order valence-corrected chi connectivity index (χ3v) is 7.56. The van der Waals surface area contributed by atoms with Crippen molar-refractivity contribution >= 4 is 82.2 Å². The summed E-state index contributed by atoms with van der Waals surface area (Å²) in [5.74, 6) is -10.4. The highest BCUT2D eigenvalue weighted by molar-refractivity contribution is 7.81. The highest BCUT2D eigenvalue weighted by atomic mass is 32.3. The predicted molar refractivity (Wildman–Crippen MR) is 152 cm³/mol. The zero-order valence-corrected chi connectivity index (χ0v) is 27.0. The van der Waals surface area contributed by atoms with Gasteiger partial charge in [-0.05, 0) is 36.4 Å². The molecule has 3 aromatic carbocycles. The maximum atomic E-state index is 13.1. The quantitative estimate of drug-likeness (QED) is 0.166. The third-order valence-electron chi connectivity index (χ3n) is 5.25. The van der Waals surface area contributed by atoms with Gasteiger partial charge in [0.15, 0.2) is 0 Å². The minimum atomic E-state index is -5.39. The molecule has 0 saturated carbocycles. The van der Waals surface area contributed by atoms with Gasteiger partial charge in [0.2, 0.25) is 0 Å². The Morgan fingerprint density at radius 2 is 0.571 bits per heavy atom. The van der Waals surface area contributed by atoms with E-state index in [1.807, 2.05) is 0 Å². The topological polar surface area (TPSA) is 321 Å². The Hall–Kier alpha value is -5.26. The van der Waals surface area contributed by atoms with Gasteiger partial charge < -0.3 is 23.9 Å². The Balaban J connectivity index is 2.04. The fourth-order valence-corrected chi connectivity index (χ4v) is 5.36. The van der Waals surface area contributed by atoms with E-state index >= 15 is 0 Å². The number of carbonyl (C=O) groups excluding carboxylic acids is 6. The van der Waals surface area contributed by atoms with E-state index in [9.17, 15) is 54.0 Å². The lowest BCUT2D eigenvalue weighted by Gasteiger charge is -2.16. The lowest BCUT2D eigenvalue weighted by molar-refractivity contribution is 0.0395. The normalized spacial score (nSPS) is 11.3. The maximum absolute atomic E-state index is 13.1. The minimum absolute atomic E-state index is 0.824. The molecule has 0 aliphatic heterocycles. The van der Waals surface area contributed by atoms with Crippen LogP contribution in [-0.4, -0.2) is 89.9 Å². The lowest BCUT2D eigenvalue weighted by atomic mass is 10.1. The summed E-state index contributed by atoms with van der Waals surface area (Å²) in [5, 5.41) is 0. The molecule has 3 aromatic rings. The van der Waals surface area contributed by atoms with E-state index in [4.69, 9.17) is 25.0 Å². The molecule has 0 spiro atoms. The fourth-order valence-electron chi connectivity index (χ4n) is 3.46. The number of carbonyl (C=O) groups is 6. The van der Waals surface area contributed by atoms with Crippen LogP contribution in [0, 0.1) is 0 Å². The van der Waals surface area contributed by atoms with Crippen molar-refractivity contribution in [3.05, 3.63) is 106 Å². The summed E-state index contributed by atoms with van der Waals surface area (Å²) in [6.45, 7) is 0. The number of benzene rings is 3. The smallest absolute Gasteiger partial charge is 0.547 e. The van der Waals surface area contributed by atoms with Crippen molar-refractivity contribution in [2.24, 2.45) is 0 Å². The minimum Gasteiger partial charge on any atom is -0.547 e. The molecule has 0 amide bonds. The third kappa shape index (κ3) is 11.4. The molecule has 0 bridgehead atoms. The average Bonchev–Trinajstić information content (AvgIpc) is 2.98. The van der Waals surface area contributed by atoms with Gasteiger partial charge in [-0.25, -0.2) is 28.8 Å². The molecule has 3 N–H and O–H groups in total. The Kier molecular flexibility index (Phi) is 11.9. The molecule has 0 aromatic heterocycles. The van der Waals surface area contributed by atoms with Gasteiger partial charge in [-0.2, -0.15) is 25.3 Å². The van der Waals surface area contributed by atoms with Crippen molar-refractivity contribution in [2.45, 2.75) is 0 Å².